The molecule has 0 unspecified atom stereocenters. The highest BCUT2D eigenvalue weighted by Crippen LogP contribution is 2.21. The minimum atomic E-state index is -0.655. The Morgan fingerprint density at radius 3 is 2.30 bits per heavy atom. The van der Waals surface area contributed by atoms with Gasteiger partial charge in [0.1, 0.15) is 18.0 Å². The van der Waals surface area contributed by atoms with Crippen molar-refractivity contribution in [2.45, 2.75) is 39.5 Å². The summed E-state index contributed by atoms with van der Waals surface area (Å²) in [5, 5.41) is 4.03. The second kappa shape index (κ2) is 9.75. The van der Waals surface area contributed by atoms with E-state index < -0.39 is 6.10 Å². The number of ether oxygens (including phenoxy) is 2. The van der Waals surface area contributed by atoms with Gasteiger partial charge in [-0.15, -0.1) is 0 Å². The van der Waals surface area contributed by atoms with Crippen molar-refractivity contribution < 1.29 is 18.8 Å². The molecule has 0 N–H and O–H groups in total. The number of rotatable bonds is 8. The fraction of sp³-hybridized carbons (Fsp3) is 0.318. The highest BCUT2D eigenvalue weighted by molar-refractivity contribution is 9.10. The molecule has 1 aromatic heterocycles. The summed E-state index contributed by atoms with van der Waals surface area (Å²) < 4.78 is 17.3. The highest BCUT2D eigenvalue weighted by atomic mass is 79.9. The van der Waals surface area contributed by atoms with E-state index in [1.165, 1.54) is 0 Å². The smallest absolute Gasteiger partial charge is 0.264 e. The van der Waals surface area contributed by atoms with Crippen molar-refractivity contribution in [1.82, 2.24) is 15.0 Å². The molecular formula is C22H24BrN3O4. The molecule has 0 aliphatic carbocycles. The van der Waals surface area contributed by atoms with Crippen molar-refractivity contribution in [3.05, 3.63) is 58.9 Å². The van der Waals surface area contributed by atoms with E-state index in [0.29, 0.717) is 17.5 Å². The van der Waals surface area contributed by atoms with Crippen LogP contribution in [0.5, 0.6) is 11.5 Å². The second-order valence-corrected chi connectivity index (χ2v) is 7.93. The van der Waals surface area contributed by atoms with Gasteiger partial charge in [-0.2, -0.15) is 4.98 Å². The maximum absolute atomic E-state index is 13.0. The minimum absolute atomic E-state index is 0.0650. The predicted molar refractivity (Wildman–Crippen MR) is 116 cm³/mol. The normalized spacial score (nSPS) is 11.9. The molecule has 0 fully saturated rings. The Bertz CT molecular complexity index is 971. The Labute approximate surface area is 184 Å². The van der Waals surface area contributed by atoms with Crippen molar-refractivity contribution in [2.24, 2.45) is 0 Å². The van der Waals surface area contributed by atoms with E-state index in [4.69, 9.17) is 14.0 Å². The van der Waals surface area contributed by atoms with Crippen LogP contribution in [-0.4, -0.2) is 40.2 Å². The third-order valence-corrected chi connectivity index (χ3v) is 5.03. The molecule has 1 heterocycles. The standard InChI is InChI=1S/C22H24BrN3O4/c1-14(2)26(22(27)15(3)29-19-11-7-17(23)8-12-19)13-20-24-21(25-30-20)16-5-9-18(28-4)10-6-16/h5-12,14-15H,13H2,1-4H3/t15-/m0/s1. The number of halogens is 1. The van der Waals surface area contributed by atoms with Gasteiger partial charge < -0.3 is 18.9 Å². The number of methoxy groups -OCH3 is 1. The zero-order valence-corrected chi connectivity index (χ0v) is 18.9. The Kier molecular flexibility index (Phi) is 7.10. The Balaban J connectivity index is 1.69. The lowest BCUT2D eigenvalue weighted by atomic mass is 10.2. The van der Waals surface area contributed by atoms with Crippen molar-refractivity contribution in [3.63, 3.8) is 0 Å². The van der Waals surface area contributed by atoms with E-state index in [1.54, 1.807) is 18.9 Å². The molecule has 8 heteroatoms. The third kappa shape index (κ3) is 5.38. The molecular weight excluding hydrogens is 450 g/mol. The van der Waals surface area contributed by atoms with Crippen LogP contribution in [0.2, 0.25) is 0 Å². The van der Waals surface area contributed by atoms with Crippen molar-refractivity contribution >= 4 is 21.8 Å². The van der Waals surface area contributed by atoms with E-state index in [2.05, 4.69) is 26.1 Å². The summed E-state index contributed by atoms with van der Waals surface area (Å²) in [5.74, 6) is 2.04. The molecule has 0 aliphatic heterocycles. The van der Waals surface area contributed by atoms with Gasteiger partial charge in [-0.05, 0) is 69.3 Å². The first kappa shape index (κ1) is 21.8. The van der Waals surface area contributed by atoms with Crippen molar-refractivity contribution in [2.75, 3.05) is 7.11 Å². The molecule has 0 saturated carbocycles. The highest BCUT2D eigenvalue weighted by Gasteiger charge is 2.26. The van der Waals surface area contributed by atoms with E-state index >= 15 is 0 Å². The maximum atomic E-state index is 13.0. The van der Waals surface area contributed by atoms with E-state index in [1.807, 2.05) is 62.4 Å². The van der Waals surface area contributed by atoms with Crippen LogP contribution >= 0.6 is 15.9 Å². The number of hydrogen-bond donors (Lipinski definition) is 0. The van der Waals surface area contributed by atoms with E-state index in [0.717, 1.165) is 15.8 Å². The number of carbonyl (C=O) groups excluding carboxylic acids is 1. The van der Waals surface area contributed by atoms with Crippen LogP contribution in [-0.2, 0) is 11.3 Å². The Morgan fingerprint density at radius 1 is 1.07 bits per heavy atom. The maximum Gasteiger partial charge on any atom is 0.264 e. The van der Waals surface area contributed by atoms with Crippen LogP contribution < -0.4 is 9.47 Å². The van der Waals surface area contributed by atoms with Crippen LogP contribution in [0.25, 0.3) is 11.4 Å². The van der Waals surface area contributed by atoms with Gasteiger partial charge in [0, 0.05) is 16.1 Å². The lowest BCUT2D eigenvalue weighted by Crippen LogP contribution is -2.43. The number of benzene rings is 2. The second-order valence-electron chi connectivity index (χ2n) is 7.01. The average Bonchev–Trinajstić information content (AvgIpc) is 3.21. The summed E-state index contributed by atoms with van der Waals surface area (Å²) in [6.45, 7) is 5.81. The molecule has 2 aromatic carbocycles. The predicted octanol–water partition coefficient (Wildman–Crippen LogP) is 4.71. The molecule has 0 saturated heterocycles. The number of aromatic nitrogens is 2. The van der Waals surface area contributed by atoms with Crippen molar-refractivity contribution in [3.8, 4) is 22.9 Å². The molecule has 158 valence electrons. The number of hydrogen-bond acceptors (Lipinski definition) is 6. The molecule has 30 heavy (non-hydrogen) atoms. The van der Waals surface area contributed by atoms with Crippen LogP contribution in [0.1, 0.15) is 26.7 Å². The van der Waals surface area contributed by atoms with Gasteiger partial charge in [-0.25, -0.2) is 0 Å². The fourth-order valence-electron chi connectivity index (χ4n) is 2.84. The summed E-state index contributed by atoms with van der Waals surface area (Å²) in [6.07, 6.45) is -0.655. The average molecular weight is 474 g/mol. The lowest BCUT2D eigenvalue weighted by Gasteiger charge is -2.28. The molecule has 0 bridgehead atoms. The lowest BCUT2D eigenvalue weighted by molar-refractivity contribution is -0.140. The first-order chi connectivity index (χ1) is 14.4. The van der Waals surface area contributed by atoms with Crippen LogP contribution in [0.4, 0.5) is 0 Å². The van der Waals surface area contributed by atoms with E-state index in [-0.39, 0.29) is 18.5 Å². The third-order valence-electron chi connectivity index (χ3n) is 4.50. The van der Waals surface area contributed by atoms with Gasteiger partial charge in [-0.1, -0.05) is 21.1 Å². The Hall–Kier alpha value is -2.87. The first-order valence-electron chi connectivity index (χ1n) is 9.57. The topological polar surface area (TPSA) is 77.7 Å². The van der Waals surface area contributed by atoms with Crippen LogP contribution in [0.3, 0.4) is 0 Å². The summed E-state index contributed by atoms with van der Waals surface area (Å²) in [4.78, 5) is 19.1. The zero-order valence-electron chi connectivity index (χ0n) is 17.3. The summed E-state index contributed by atoms with van der Waals surface area (Å²) in [7, 11) is 1.61. The van der Waals surface area contributed by atoms with Gasteiger partial charge in [0.25, 0.3) is 5.91 Å². The molecule has 0 aliphatic rings. The van der Waals surface area contributed by atoms with Gasteiger partial charge >= 0.3 is 0 Å². The zero-order chi connectivity index (χ0) is 21.7. The van der Waals surface area contributed by atoms with Gasteiger partial charge in [0.05, 0.1) is 7.11 Å². The number of amides is 1. The van der Waals surface area contributed by atoms with Crippen LogP contribution in [0.15, 0.2) is 57.5 Å². The summed E-state index contributed by atoms with van der Waals surface area (Å²) >= 11 is 3.39. The summed E-state index contributed by atoms with van der Waals surface area (Å²) in [5.41, 5.74) is 0.806. The molecule has 1 atom stereocenters. The van der Waals surface area contributed by atoms with Crippen LogP contribution in [0, 0.1) is 0 Å². The monoisotopic (exact) mass is 473 g/mol. The molecule has 3 rings (SSSR count). The SMILES string of the molecule is COc1ccc(-c2noc(CN(C(=O)[C@H](C)Oc3ccc(Br)cc3)C(C)C)n2)cc1. The van der Waals surface area contributed by atoms with E-state index in [9.17, 15) is 4.79 Å². The van der Waals surface area contributed by atoms with Gasteiger partial charge in [0.2, 0.25) is 11.7 Å². The summed E-state index contributed by atoms with van der Waals surface area (Å²) in [6, 6.07) is 14.7. The van der Waals surface area contributed by atoms with Gasteiger partial charge in [0.15, 0.2) is 6.10 Å². The Morgan fingerprint density at radius 2 is 1.70 bits per heavy atom. The molecule has 0 radical (unpaired) electrons. The molecule has 3 aromatic rings. The minimum Gasteiger partial charge on any atom is -0.497 e. The largest absolute Gasteiger partial charge is 0.497 e. The molecule has 0 spiro atoms. The fourth-order valence-corrected chi connectivity index (χ4v) is 3.10. The number of carbonyl (C=O) groups is 1. The molecule has 1 amide bonds. The quantitative estimate of drug-likeness (QED) is 0.471. The molecule has 7 nitrogen and oxygen atoms in total. The number of nitrogens with zero attached hydrogens (tertiary/aromatic N) is 3. The first-order valence-corrected chi connectivity index (χ1v) is 10.4. The van der Waals surface area contributed by atoms with Crippen molar-refractivity contribution in [1.29, 1.82) is 0 Å². The van der Waals surface area contributed by atoms with Gasteiger partial charge in [-0.3, -0.25) is 4.79 Å².